The monoisotopic (exact) mass is 432 g/mol. The molecular weight excluding hydrogens is 408 g/mol. The van der Waals surface area contributed by atoms with Crippen LogP contribution in [-0.2, 0) is 14.8 Å². The van der Waals surface area contributed by atoms with E-state index in [1.807, 2.05) is 0 Å². The highest BCUT2D eigenvalue weighted by molar-refractivity contribution is 7.89. The third-order valence-corrected chi connectivity index (χ3v) is 7.35. The number of ether oxygens (including phenoxy) is 3. The molecule has 1 atom stereocenters. The van der Waals surface area contributed by atoms with Gasteiger partial charge in [-0.3, -0.25) is 4.79 Å². The lowest BCUT2D eigenvalue weighted by Crippen LogP contribution is -2.43. The molecule has 2 aromatic rings. The Hall–Kier alpha value is -2.78. The molecule has 2 aromatic carbocycles. The fraction of sp³-hybridized carbons (Fsp3) is 0.381. The van der Waals surface area contributed by atoms with E-state index in [-0.39, 0.29) is 17.3 Å². The van der Waals surface area contributed by atoms with Crippen molar-refractivity contribution in [1.82, 2.24) is 4.31 Å². The van der Waals surface area contributed by atoms with E-state index in [4.69, 9.17) is 14.2 Å². The molecule has 8 nitrogen and oxygen atoms in total. The first-order valence-electron chi connectivity index (χ1n) is 9.77. The molecule has 2 heterocycles. The second kappa shape index (κ2) is 8.16. The van der Waals surface area contributed by atoms with Crippen LogP contribution < -0.4 is 19.5 Å². The lowest BCUT2D eigenvalue weighted by atomic mass is 10.2. The summed E-state index contributed by atoms with van der Waals surface area (Å²) in [6.07, 6.45) is 1.07. The zero-order chi connectivity index (χ0) is 21.3. The maximum absolute atomic E-state index is 13.3. The molecule has 0 saturated carbocycles. The Labute approximate surface area is 175 Å². The van der Waals surface area contributed by atoms with Crippen LogP contribution in [0.5, 0.6) is 17.2 Å². The Kier molecular flexibility index (Phi) is 5.57. The molecule has 1 amide bonds. The summed E-state index contributed by atoms with van der Waals surface area (Å²) in [4.78, 5) is 13.1. The lowest BCUT2D eigenvalue weighted by Gasteiger charge is -2.25. The zero-order valence-corrected chi connectivity index (χ0v) is 17.7. The standard InChI is InChI=1S/C21H24N2O6S/c1-14-5-7-16(27-2)13-20(14)30(25,26)23-9-3-4-17(23)21(24)22-15-6-8-18-19(12-15)29-11-10-28-18/h5-8,12-13,17H,3-4,9-11H2,1-2H3,(H,22,24)/t17-/m1/s1. The van der Waals surface area contributed by atoms with E-state index >= 15 is 0 Å². The molecule has 1 fully saturated rings. The van der Waals surface area contributed by atoms with Gasteiger partial charge < -0.3 is 19.5 Å². The number of aryl methyl sites for hydroxylation is 1. The molecule has 0 aliphatic carbocycles. The molecule has 0 unspecified atom stereocenters. The van der Waals surface area contributed by atoms with Gasteiger partial charge in [0.2, 0.25) is 15.9 Å². The first-order valence-corrected chi connectivity index (χ1v) is 11.2. The molecule has 4 rings (SSSR count). The third kappa shape index (κ3) is 3.82. The fourth-order valence-electron chi connectivity index (χ4n) is 3.75. The highest BCUT2D eigenvalue weighted by atomic mass is 32.2. The molecule has 160 valence electrons. The number of amides is 1. The summed E-state index contributed by atoms with van der Waals surface area (Å²) >= 11 is 0. The molecule has 0 spiro atoms. The molecule has 1 N–H and O–H groups in total. The van der Waals surface area contributed by atoms with Gasteiger partial charge >= 0.3 is 0 Å². The van der Waals surface area contributed by atoms with Crippen LogP contribution in [0.4, 0.5) is 5.69 Å². The molecular formula is C21H24N2O6S. The number of carbonyl (C=O) groups excluding carboxylic acids is 1. The second-order valence-electron chi connectivity index (χ2n) is 7.25. The van der Waals surface area contributed by atoms with Gasteiger partial charge in [-0.2, -0.15) is 4.31 Å². The first kappa shape index (κ1) is 20.5. The molecule has 0 bridgehead atoms. The molecule has 9 heteroatoms. The van der Waals surface area contributed by atoms with E-state index in [1.165, 1.54) is 17.5 Å². The van der Waals surface area contributed by atoms with Crippen LogP contribution in [0.25, 0.3) is 0 Å². The summed E-state index contributed by atoms with van der Waals surface area (Å²) in [5.74, 6) is 1.27. The summed E-state index contributed by atoms with van der Waals surface area (Å²) in [6, 6.07) is 9.26. The number of fused-ring (bicyclic) bond motifs is 1. The SMILES string of the molecule is COc1ccc(C)c(S(=O)(=O)N2CCC[C@@H]2C(=O)Nc2ccc3c(c2)OCCO3)c1. The highest BCUT2D eigenvalue weighted by Crippen LogP contribution is 2.34. The largest absolute Gasteiger partial charge is 0.497 e. The maximum Gasteiger partial charge on any atom is 0.244 e. The molecule has 2 aliphatic rings. The lowest BCUT2D eigenvalue weighted by molar-refractivity contribution is -0.119. The highest BCUT2D eigenvalue weighted by Gasteiger charge is 2.40. The van der Waals surface area contributed by atoms with Crippen LogP contribution in [0.2, 0.25) is 0 Å². The number of rotatable bonds is 5. The summed E-state index contributed by atoms with van der Waals surface area (Å²) in [5.41, 5.74) is 1.14. The minimum Gasteiger partial charge on any atom is -0.497 e. The topological polar surface area (TPSA) is 94.2 Å². The first-order chi connectivity index (χ1) is 14.4. The van der Waals surface area contributed by atoms with Gasteiger partial charge in [0.05, 0.1) is 12.0 Å². The Morgan fingerprint density at radius 2 is 1.90 bits per heavy atom. The van der Waals surface area contributed by atoms with Gasteiger partial charge in [0.25, 0.3) is 0 Å². The van der Waals surface area contributed by atoms with Gasteiger partial charge in [-0.05, 0) is 43.5 Å². The number of nitrogens with one attached hydrogen (secondary N) is 1. The number of benzene rings is 2. The van der Waals surface area contributed by atoms with Gasteiger partial charge in [-0.15, -0.1) is 0 Å². The van der Waals surface area contributed by atoms with Gasteiger partial charge in [0.1, 0.15) is 25.0 Å². The van der Waals surface area contributed by atoms with Crippen LogP contribution >= 0.6 is 0 Å². The van der Waals surface area contributed by atoms with Crippen LogP contribution in [0.1, 0.15) is 18.4 Å². The van der Waals surface area contributed by atoms with E-state index in [0.717, 1.165) is 0 Å². The smallest absolute Gasteiger partial charge is 0.244 e. The Morgan fingerprint density at radius 1 is 1.13 bits per heavy atom. The minimum absolute atomic E-state index is 0.154. The summed E-state index contributed by atoms with van der Waals surface area (Å²) in [6.45, 7) is 2.95. The van der Waals surface area contributed by atoms with Crippen molar-refractivity contribution in [2.75, 3.05) is 32.2 Å². The molecule has 0 aromatic heterocycles. The average molecular weight is 432 g/mol. The number of sulfonamides is 1. The molecule has 2 aliphatic heterocycles. The van der Waals surface area contributed by atoms with Crippen LogP contribution in [-0.4, -0.2) is 51.5 Å². The summed E-state index contributed by atoms with van der Waals surface area (Å²) in [7, 11) is -2.37. The van der Waals surface area contributed by atoms with Gasteiger partial charge in [-0.25, -0.2) is 8.42 Å². The van der Waals surface area contributed by atoms with Crippen molar-refractivity contribution in [3.63, 3.8) is 0 Å². The van der Waals surface area contributed by atoms with Crippen LogP contribution in [0.3, 0.4) is 0 Å². The van der Waals surface area contributed by atoms with Crippen molar-refractivity contribution in [1.29, 1.82) is 0 Å². The summed E-state index contributed by atoms with van der Waals surface area (Å²) in [5, 5.41) is 2.82. The van der Waals surface area contributed by atoms with Crippen LogP contribution in [0, 0.1) is 6.92 Å². The van der Waals surface area contributed by atoms with E-state index < -0.39 is 16.1 Å². The van der Waals surface area contributed by atoms with Gasteiger partial charge in [0, 0.05) is 24.4 Å². The second-order valence-corrected chi connectivity index (χ2v) is 9.11. The predicted octanol–water partition coefficient (Wildman–Crippen LogP) is 2.57. The number of methoxy groups -OCH3 is 1. The van der Waals surface area contributed by atoms with Crippen molar-refractivity contribution >= 4 is 21.6 Å². The number of carbonyl (C=O) groups is 1. The number of nitrogens with zero attached hydrogens (tertiary/aromatic N) is 1. The molecule has 30 heavy (non-hydrogen) atoms. The Bertz CT molecular complexity index is 1070. The zero-order valence-electron chi connectivity index (χ0n) is 16.9. The van der Waals surface area contributed by atoms with E-state index in [2.05, 4.69) is 5.32 Å². The number of anilines is 1. The van der Waals surface area contributed by atoms with Crippen LogP contribution in [0.15, 0.2) is 41.3 Å². The van der Waals surface area contributed by atoms with Crippen molar-refractivity contribution in [2.24, 2.45) is 0 Å². The van der Waals surface area contributed by atoms with Gasteiger partial charge in [0.15, 0.2) is 11.5 Å². The molecule has 1 saturated heterocycles. The molecule has 0 radical (unpaired) electrons. The number of hydrogen-bond donors (Lipinski definition) is 1. The quantitative estimate of drug-likeness (QED) is 0.781. The van der Waals surface area contributed by atoms with Crippen molar-refractivity contribution in [3.05, 3.63) is 42.0 Å². The van der Waals surface area contributed by atoms with Crippen molar-refractivity contribution in [2.45, 2.75) is 30.7 Å². The van der Waals surface area contributed by atoms with Crippen molar-refractivity contribution in [3.8, 4) is 17.2 Å². The van der Waals surface area contributed by atoms with Crippen molar-refractivity contribution < 1.29 is 27.4 Å². The Balaban J connectivity index is 1.56. The minimum atomic E-state index is -3.85. The fourth-order valence-corrected chi connectivity index (χ4v) is 5.65. The maximum atomic E-state index is 13.3. The predicted molar refractivity (Wildman–Crippen MR) is 111 cm³/mol. The van der Waals surface area contributed by atoms with Gasteiger partial charge in [-0.1, -0.05) is 6.07 Å². The number of hydrogen-bond acceptors (Lipinski definition) is 6. The summed E-state index contributed by atoms with van der Waals surface area (Å²) < 4.78 is 44.2. The van der Waals surface area contributed by atoms with E-state index in [0.29, 0.717) is 54.6 Å². The van der Waals surface area contributed by atoms with E-state index in [1.54, 1.807) is 37.3 Å². The average Bonchev–Trinajstić information content (AvgIpc) is 3.25. The third-order valence-electron chi connectivity index (χ3n) is 5.30. The Morgan fingerprint density at radius 3 is 2.67 bits per heavy atom. The normalized spacial score (nSPS) is 18.8. The van der Waals surface area contributed by atoms with E-state index in [9.17, 15) is 13.2 Å².